The van der Waals surface area contributed by atoms with Crippen LogP contribution in [0.25, 0.3) is 11.3 Å². The van der Waals surface area contributed by atoms with Crippen LogP contribution in [0.1, 0.15) is 11.3 Å². The lowest BCUT2D eigenvalue weighted by Gasteiger charge is -2.00. The number of rotatable bonds is 6. The molecule has 0 atom stereocenters. The minimum atomic E-state index is -0.491. The van der Waals surface area contributed by atoms with Gasteiger partial charge in [0.1, 0.15) is 11.5 Å². The highest BCUT2D eigenvalue weighted by molar-refractivity contribution is 6.30. The zero-order valence-corrected chi connectivity index (χ0v) is 14.7. The van der Waals surface area contributed by atoms with Gasteiger partial charge in [0.25, 0.3) is 5.69 Å². The van der Waals surface area contributed by atoms with Gasteiger partial charge in [-0.25, -0.2) is 5.43 Å². The van der Waals surface area contributed by atoms with Crippen LogP contribution in [0.15, 0.2) is 70.2 Å². The molecule has 0 unspecified atom stereocenters. The van der Waals surface area contributed by atoms with Gasteiger partial charge in [0.05, 0.1) is 17.6 Å². The normalized spacial score (nSPS) is 10.9. The van der Waals surface area contributed by atoms with Crippen LogP contribution in [0.2, 0.25) is 5.02 Å². The Kier molecular flexibility index (Phi) is 5.63. The number of carbonyl (C=O) groups is 1. The van der Waals surface area contributed by atoms with Gasteiger partial charge in [0.15, 0.2) is 0 Å². The van der Waals surface area contributed by atoms with Crippen LogP contribution in [0.5, 0.6) is 0 Å². The van der Waals surface area contributed by atoms with Crippen molar-refractivity contribution in [2.75, 3.05) is 0 Å². The van der Waals surface area contributed by atoms with E-state index in [1.165, 1.54) is 30.5 Å². The van der Waals surface area contributed by atoms with Gasteiger partial charge in [-0.3, -0.25) is 14.9 Å². The molecular formula is C19H14ClN3O4. The summed E-state index contributed by atoms with van der Waals surface area (Å²) in [5.74, 6) is 0.762. The molecule has 2 aromatic carbocycles. The summed E-state index contributed by atoms with van der Waals surface area (Å²) < 4.78 is 5.64. The number of benzene rings is 2. The summed E-state index contributed by atoms with van der Waals surface area (Å²) in [7, 11) is 0. The second kappa shape index (κ2) is 8.29. The van der Waals surface area contributed by atoms with E-state index in [0.29, 0.717) is 22.1 Å². The number of hydrazone groups is 1. The molecule has 0 radical (unpaired) electrons. The molecule has 0 aliphatic carbocycles. The number of nitro benzene ring substituents is 1. The Morgan fingerprint density at radius 3 is 2.67 bits per heavy atom. The number of nitro groups is 1. The lowest BCUT2D eigenvalue weighted by molar-refractivity contribution is -0.384. The predicted molar refractivity (Wildman–Crippen MR) is 102 cm³/mol. The molecule has 3 aromatic rings. The van der Waals surface area contributed by atoms with Crippen molar-refractivity contribution in [1.29, 1.82) is 0 Å². The van der Waals surface area contributed by atoms with E-state index in [2.05, 4.69) is 10.5 Å². The molecule has 3 rings (SSSR count). The second-order valence-electron chi connectivity index (χ2n) is 5.61. The summed E-state index contributed by atoms with van der Waals surface area (Å²) in [4.78, 5) is 22.0. The number of halogens is 1. The number of non-ortho nitro benzene ring substituents is 1. The molecule has 27 heavy (non-hydrogen) atoms. The molecule has 1 heterocycles. The Hall–Kier alpha value is -3.45. The van der Waals surface area contributed by atoms with Crippen molar-refractivity contribution in [1.82, 2.24) is 5.43 Å². The first kappa shape index (κ1) is 18.3. The van der Waals surface area contributed by atoms with E-state index in [0.717, 1.165) is 5.56 Å². The standard InChI is InChI=1S/C19H14ClN3O4/c20-15-3-1-2-14(11-15)18-9-8-17(27-18)12-21-22-19(24)10-13-4-6-16(7-5-13)23(25)26/h1-9,11-12H,10H2,(H,22,24)/b21-12-. The quantitative estimate of drug-likeness (QED) is 0.391. The molecule has 0 saturated carbocycles. The average molecular weight is 384 g/mol. The Morgan fingerprint density at radius 1 is 1.19 bits per heavy atom. The van der Waals surface area contributed by atoms with Gasteiger partial charge in [0, 0.05) is 22.7 Å². The molecule has 1 aromatic heterocycles. The number of hydrogen-bond donors (Lipinski definition) is 1. The molecule has 136 valence electrons. The molecule has 8 heteroatoms. The third kappa shape index (κ3) is 5.02. The summed E-state index contributed by atoms with van der Waals surface area (Å²) in [6.45, 7) is 0. The van der Waals surface area contributed by atoms with Crippen molar-refractivity contribution in [3.05, 3.63) is 87.1 Å². The van der Waals surface area contributed by atoms with Crippen molar-refractivity contribution in [2.24, 2.45) is 5.10 Å². The van der Waals surface area contributed by atoms with Gasteiger partial charge in [-0.05, 0) is 29.8 Å². The molecule has 0 aliphatic heterocycles. The van der Waals surface area contributed by atoms with E-state index >= 15 is 0 Å². The fourth-order valence-electron chi connectivity index (χ4n) is 2.35. The first-order valence-corrected chi connectivity index (χ1v) is 8.30. The topological polar surface area (TPSA) is 97.7 Å². The summed E-state index contributed by atoms with van der Waals surface area (Å²) in [6.07, 6.45) is 1.45. The lowest BCUT2D eigenvalue weighted by Crippen LogP contribution is -2.19. The zero-order chi connectivity index (χ0) is 19.2. The van der Waals surface area contributed by atoms with Gasteiger partial charge in [-0.15, -0.1) is 0 Å². The summed E-state index contributed by atoms with van der Waals surface area (Å²) in [6, 6.07) is 16.5. The number of furan rings is 1. The molecular weight excluding hydrogens is 370 g/mol. The SMILES string of the molecule is O=C(Cc1ccc([N+](=O)[O-])cc1)N/N=C\c1ccc(-c2cccc(Cl)c2)o1. The van der Waals surface area contributed by atoms with Crippen LogP contribution in [0, 0.1) is 10.1 Å². The molecule has 0 aliphatic rings. The van der Waals surface area contributed by atoms with Crippen molar-refractivity contribution in [3.63, 3.8) is 0 Å². The number of nitrogens with one attached hydrogen (secondary N) is 1. The van der Waals surface area contributed by atoms with Gasteiger partial charge in [-0.2, -0.15) is 5.10 Å². The van der Waals surface area contributed by atoms with Crippen molar-refractivity contribution in [2.45, 2.75) is 6.42 Å². The number of amides is 1. The Bertz CT molecular complexity index is 996. The minimum Gasteiger partial charge on any atom is -0.455 e. The molecule has 1 N–H and O–H groups in total. The van der Waals surface area contributed by atoms with Gasteiger partial charge in [0.2, 0.25) is 5.91 Å². The number of carbonyl (C=O) groups excluding carboxylic acids is 1. The van der Waals surface area contributed by atoms with E-state index in [9.17, 15) is 14.9 Å². The third-order valence-corrected chi connectivity index (χ3v) is 3.86. The maximum absolute atomic E-state index is 11.9. The molecule has 7 nitrogen and oxygen atoms in total. The van der Waals surface area contributed by atoms with E-state index < -0.39 is 4.92 Å². The molecule has 0 fully saturated rings. The zero-order valence-electron chi connectivity index (χ0n) is 14.0. The monoisotopic (exact) mass is 383 g/mol. The molecule has 0 bridgehead atoms. The first-order valence-electron chi connectivity index (χ1n) is 7.92. The highest BCUT2D eigenvalue weighted by Gasteiger charge is 2.07. The Labute approximate surface area is 159 Å². The fourth-order valence-corrected chi connectivity index (χ4v) is 2.54. The van der Waals surface area contributed by atoms with Crippen molar-refractivity contribution < 1.29 is 14.1 Å². The number of hydrogen-bond acceptors (Lipinski definition) is 5. The third-order valence-electron chi connectivity index (χ3n) is 3.63. The van der Waals surface area contributed by atoms with Gasteiger partial charge in [-0.1, -0.05) is 35.9 Å². The molecule has 1 amide bonds. The summed E-state index contributed by atoms with van der Waals surface area (Å²) in [5, 5.41) is 15.1. The van der Waals surface area contributed by atoms with Gasteiger partial charge < -0.3 is 4.42 Å². The lowest BCUT2D eigenvalue weighted by atomic mass is 10.1. The maximum atomic E-state index is 11.9. The average Bonchev–Trinajstić information content (AvgIpc) is 3.11. The summed E-state index contributed by atoms with van der Waals surface area (Å²) >= 11 is 5.96. The van der Waals surface area contributed by atoms with Crippen LogP contribution < -0.4 is 5.43 Å². The highest BCUT2D eigenvalue weighted by Crippen LogP contribution is 2.24. The van der Waals surface area contributed by atoms with Crippen LogP contribution >= 0.6 is 11.6 Å². The smallest absolute Gasteiger partial charge is 0.269 e. The predicted octanol–water partition coefficient (Wildman–Crippen LogP) is 4.20. The van der Waals surface area contributed by atoms with E-state index in [-0.39, 0.29) is 18.0 Å². The fraction of sp³-hybridized carbons (Fsp3) is 0.0526. The van der Waals surface area contributed by atoms with Crippen molar-refractivity contribution in [3.8, 4) is 11.3 Å². The Morgan fingerprint density at radius 2 is 1.96 bits per heavy atom. The highest BCUT2D eigenvalue weighted by atomic mass is 35.5. The second-order valence-corrected chi connectivity index (χ2v) is 6.04. The van der Waals surface area contributed by atoms with Crippen LogP contribution in [-0.2, 0) is 11.2 Å². The molecule has 0 saturated heterocycles. The number of nitrogens with zero attached hydrogens (tertiary/aromatic N) is 2. The van der Waals surface area contributed by atoms with Crippen molar-refractivity contribution >= 4 is 29.4 Å². The van der Waals surface area contributed by atoms with Gasteiger partial charge >= 0.3 is 0 Å². The van der Waals surface area contributed by atoms with Crippen LogP contribution in [-0.4, -0.2) is 17.0 Å². The largest absolute Gasteiger partial charge is 0.455 e. The first-order chi connectivity index (χ1) is 13.0. The molecule has 0 spiro atoms. The Balaban J connectivity index is 1.56. The van der Waals surface area contributed by atoms with Crippen LogP contribution in [0.3, 0.4) is 0 Å². The van der Waals surface area contributed by atoms with Crippen LogP contribution in [0.4, 0.5) is 5.69 Å². The summed E-state index contributed by atoms with van der Waals surface area (Å²) in [5.41, 5.74) is 3.85. The van der Waals surface area contributed by atoms with E-state index in [1.54, 1.807) is 24.3 Å². The van der Waals surface area contributed by atoms with E-state index in [4.69, 9.17) is 16.0 Å². The maximum Gasteiger partial charge on any atom is 0.269 e. The minimum absolute atomic E-state index is 0.0227. The van der Waals surface area contributed by atoms with E-state index in [1.807, 2.05) is 12.1 Å².